The van der Waals surface area contributed by atoms with Gasteiger partial charge < -0.3 is 30.7 Å². The number of rotatable bonds is 48. The van der Waals surface area contributed by atoms with Gasteiger partial charge in [0.25, 0.3) is 0 Å². The Morgan fingerprint density at radius 2 is 0.639 bits per heavy atom. The van der Waals surface area contributed by atoms with Gasteiger partial charge in [0.15, 0.2) is 0 Å². The third kappa shape index (κ3) is 43.6. The molecule has 368 valence electrons. The fourth-order valence-electron chi connectivity index (χ4n) is 8.66. The fourth-order valence-corrected chi connectivity index (χ4v) is 10.3. The molecule has 0 bridgehead atoms. The van der Waals surface area contributed by atoms with Crippen molar-refractivity contribution in [1.29, 1.82) is 0 Å². The number of hydrogen-bond acceptors (Lipinski definition) is 7. The van der Waals surface area contributed by atoms with Gasteiger partial charge in [0.05, 0.1) is 19.4 Å². The molecule has 0 saturated carbocycles. The van der Waals surface area contributed by atoms with Crippen LogP contribution in [0.15, 0.2) is 0 Å². The van der Waals surface area contributed by atoms with Gasteiger partial charge in [-0.1, -0.05) is 185 Å². The average Bonchev–Trinajstić information content (AvgIpc) is 3.19. The minimum atomic E-state index is -3.13. The van der Waals surface area contributed by atoms with Crippen molar-refractivity contribution >= 4 is 7.60 Å². The highest BCUT2D eigenvalue weighted by atomic mass is 31.2. The molecule has 7 nitrogen and oxygen atoms in total. The summed E-state index contributed by atoms with van der Waals surface area (Å²) in [6.45, 7) is 31.7. The molecule has 6 atom stereocenters. The second kappa shape index (κ2) is 42.6. The van der Waals surface area contributed by atoms with Gasteiger partial charge in [0.1, 0.15) is 0 Å². The SMILES string of the molecule is CC(C)CCCC(C)CCCC(C)CCCC(C)CCOP(=O)(CCCNCCCNCCCCNCCCN)OCCC(C)CCCC(C)CCCC(C)CCCC(C)C. The van der Waals surface area contributed by atoms with Gasteiger partial charge in [0.2, 0.25) is 0 Å². The molecule has 0 aromatic heterocycles. The summed E-state index contributed by atoms with van der Waals surface area (Å²) in [4.78, 5) is 0. The first-order valence-electron chi connectivity index (χ1n) is 27.0. The standard InChI is InChI=1S/C53H113N4O3P/c1-46(2)22-13-24-48(5)26-15-28-50(7)30-17-32-52(9)34-43-59-61(58,45-21-42-57-41-20-40-56-38-12-11-37-55-39-19-36-54)60-44-35-53(10)33-18-31-51(8)29-16-27-49(6)25-14-23-47(3)4/h46-53,55-57H,11-45,54H2,1-10H3. The Morgan fingerprint density at radius 3 is 0.967 bits per heavy atom. The molecule has 0 saturated heterocycles. The van der Waals surface area contributed by atoms with E-state index < -0.39 is 7.60 Å². The number of nitrogens with one attached hydrogen (secondary N) is 3. The van der Waals surface area contributed by atoms with E-state index in [9.17, 15) is 4.57 Å². The lowest BCUT2D eigenvalue weighted by atomic mass is 9.91. The van der Waals surface area contributed by atoms with Gasteiger partial charge in [-0.25, -0.2) is 0 Å². The first-order chi connectivity index (χ1) is 29.3. The fraction of sp³-hybridized carbons (Fsp3) is 1.00. The summed E-state index contributed by atoms with van der Waals surface area (Å²) in [6, 6.07) is 0. The third-order valence-corrected chi connectivity index (χ3v) is 15.4. The average molecular weight is 885 g/mol. The lowest BCUT2D eigenvalue weighted by molar-refractivity contribution is 0.183. The summed E-state index contributed by atoms with van der Waals surface area (Å²) in [7, 11) is -3.13. The molecule has 61 heavy (non-hydrogen) atoms. The van der Waals surface area contributed by atoms with Gasteiger partial charge in [0, 0.05) is 0 Å². The number of nitrogens with two attached hydrogens (primary N) is 1. The van der Waals surface area contributed by atoms with E-state index in [1.54, 1.807) is 0 Å². The summed E-state index contributed by atoms with van der Waals surface area (Å²) in [5.74, 6) is 6.18. The molecular formula is C53H113N4O3P. The first-order valence-corrected chi connectivity index (χ1v) is 28.7. The monoisotopic (exact) mass is 885 g/mol. The van der Waals surface area contributed by atoms with Crippen LogP contribution in [0.4, 0.5) is 0 Å². The Morgan fingerprint density at radius 1 is 0.361 bits per heavy atom. The molecule has 0 amide bonds. The molecule has 6 unspecified atom stereocenters. The molecular weight excluding hydrogens is 772 g/mol. The van der Waals surface area contributed by atoms with Crippen LogP contribution >= 0.6 is 7.60 Å². The maximum absolute atomic E-state index is 14.1. The van der Waals surface area contributed by atoms with E-state index in [1.165, 1.54) is 128 Å². The highest BCUT2D eigenvalue weighted by molar-refractivity contribution is 7.53. The van der Waals surface area contributed by atoms with Crippen molar-refractivity contribution in [2.45, 2.75) is 230 Å². The van der Waals surface area contributed by atoms with E-state index in [2.05, 4.69) is 85.2 Å². The number of unbranched alkanes of at least 4 members (excludes halogenated alkanes) is 1. The van der Waals surface area contributed by atoms with Crippen LogP contribution in [-0.4, -0.2) is 65.2 Å². The summed E-state index contributed by atoms with van der Waals surface area (Å²) < 4.78 is 26.6. The van der Waals surface area contributed by atoms with Crippen LogP contribution < -0.4 is 21.7 Å². The van der Waals surface area contributed by atoms with Gasteiger partial charge in [-0.3, -0.25) is 4.57 Å². The maximum atomic E-state index is 14.1. The topological polar surface area (TPSA) is 97.6 Å². The molecule has 0 spiro atoms. The van der Waals surface area contributed by atoms with E-state index in [4.69, 9.17) is 14.8 Å². The zero-order chi connectivity index (χ0) is 45.4. The van der Waals surface area contributed by atoms with E-state index in [1.807, 2.05) is 0 Å². The van der Waals surface area contributed by atoms with E-state index in [-0.39, 0.29) is 0 Å². The zero-order valence-corrected chi connectivity index (χ0v) is 44.0. The van der Waals surface area contributed by atoms with Crippen molar-refractivity contribution < 1.29 is 13.6 Å². The quantitative estimate of drug-likeness (QED) is 0.0357. The first kappa shape index (κ1) is 61.0. The van der Waals surface area contributed by atoms with Crippen molar-refractivity contribution in [2.24, 2.45) is 53.1 Å². The predicted molar refractivity (Wildman–Crippen MR) is 272 cm³/mol. The largest absolute Gasteiger partial charge is 0.330 e. The molecule has 0 aliphatic carbocycles. The summed E-state index contributed by atoms with van der Waals surface area (Å²) in [5, 5.41) is 10.6. The Hall–Kier alpha value is -0.0100. The van der Waals surface area contributed by atoms with E-state index in [0.29, 0.717) is 31.2 Å². The number of hydrogen-bond donors (Lipinski definition) is 4. The molecule has 5 N–H and O–H groups in total. The van der Waals surface area contributed by atoms with Crippen LogP contribution in [0.25, 0.3) is 0 Å². The van der Waals surface area contributed by atoms with Crippen LogP contribution in [0.5, 0.6) is 0 Å². The van der Waals surface area contributed by atoms with Crippen molar-refractivity contribution in [3.05, 3.63) is 0 Å². The van der Waals surface area contributed by atoms with Gasteiger partial charge in [-0.2, -0.15) is 0 Å². The molecule has 0 aromatic rings. The lowest BCUT2D eigenvalue weighted by Crippen LogP contribution is -2.24. The van der Waals surface area contributed by atoms with Crippen LogP contribution in [0.2, 0.25) is 0 Å². The van der Waals surface area contributed by atoms with Crippen molar-refractivity contribution in [2.75, 3.05) is 65.2 Å². The molecule has 0 aromatic carbocycles. The smallest absolute Gasteiger partial charge is 0.330 e. The van der Waals surface area contributed by atoms with Gasteiger partial charge in [-0.15, -0.1) is 0 Å². The van der Waals surface area contributed by atoms with Crippen molar-refractivity contribution in [3.8, 4) is 0 Å². The predicted octanol–water partition coefficient (Wildman–Crippen LogP) is 14.8. The Balaban J connectivity index is 4.57. The molecule has 0 radical (unpaired) electrons. The Bertz CT molecular complexity index is 900. The summed E-state index contributed by atoms with van der Waals surface area (Å²) in [5.41, 5.74) is 5.56. The minimum absolute atomic E-state index is 0.502. The second-order valence-corrected chi connectivity index (χ2v) is 23.6. The zero-order valence-electron chi connectivity index (χ0n) is 43.1. The maximum Gasteiger partial charge on any atom is 0.330 e. The molecule has 8 heteroatoms. The summed E-state index contributed by atoms with van der Waals surface area (Å²) in [6.07, 6.45) is 32.0. The molecule has 0 aliphatic rings. The Kier molecular flexibility index (Phi) is 42.6. The van der Waals surface area contributed by atoms with Gasteiger partial charge in [-0.05, 0) is 138 Å². The van der Waals surface area contributed by atoms with Gasteiger partial charge >= 0.3 is 7.60 Å². The Labute approximate surface area is 383 Å². The molecule has 0 fully saturated rings. The van der Waals surface area contributed by atoms with Crippen LogP contribution in [0.3, 0.4) is 0 Å². The minimum Gasteiger partial charge on any atom is -0.330 e. The highest BCUT2D eigenvalue weighted by Crippen LogP contribution is 2.49. The molecule has 0 rings (SSSR count). The highest BCUT2D eigenvalue weighted by Gasteiger charge is 2.25. The summed E-state index contributed by atoms with van der Waals surface area (Å²) >= 11 is 0. The van der Waals surface area contributed by atoms with Crippen LogP contribution in [0.1, 0.15) is 230 Å². The second-order valence-electron chi connectivity index (χ2n) is 21.4. The third-order valence-electron chi connectivity index (χ3n) is 13.3. The van der Waals surface area contributed by atoms with Crippen LogP contribution in [-0.2, 0) is 13.6 Å². The van der Waals surface area contributed by atoms with Crippen molar-refractivity contribution in [1.82, 2.24) is 16.0 Å². The van der Waals surface area contributed by atoms with Crippen LogP contribution in [0, 0.1) is 47.3 Å². The van der Waals surface area contributed by atoms with E-state index >= 15 is 0 Å². The molecule has 0 heterocycles. The van der Waals surface area contributed by atoms with Crippen molar-refractivity contribution in [3.63, 3.8) is 0 Å². The van der Waals surface area contributed by atoms with E-state index in [0.717, 1.165) is 113 Å². The molecule has 0 aliphatic heterocycles. The normalized spacial score (nSPS) is 16.2. The lowest BCUT2D eigenvalue weighted by Gasteiger charge is -2.21.